The Balaban J connectivity index is 2.31. The fourth-order valence-corrected chi connectivity index (χ4v) is 1.59. The van der Waals surface area contributed by atoms with Crippen LogP contribution in [-0.4, -0.2) is 23.4 Å². The van der Waals surface area contributed by atoms with Crippen molar-refractivity contribution in [2.75, 3.05) is 12.5 Å². The lowest BCUT2D eigenvalue weighted by Gasteiger charge is -2.32. The molecule has 0 amide bonds. The molecule has 0 aliphatic carbocycles. The predicted octanol–water partition coefficient (Wildman–Crippen LogP) is 1.95. The van der Waals surface area contributed by atoms with Gasteiger partial charge >= 0.3 is 0 Å². The van der Waals surface area contributed by atoms with Gasteiger partial charge in [0, 0.05) is 0 Å². The van der Waals surface area contributed by atoms with Crippen molar-refractivity contribution in [1.29, 1.82) is 0 Å². The van der Waals surface area contributed by atoms with Gasteiger partial charge in [0.15, 0.2) is 18.1 Å². The van der Waals surface area contributed by atoms with Crippen molar-refractivity contribution < 1.29 is 14.6 Å². The maximum atomic E-state index is 9.81. The monoisotopic (exact) mass is 228 g/mol. The lowest BCUT2D eigenvalue weighted by molar-refractivity contribution is -0.156. The van der Waals surface area contributed by atoms with E-state index >= 15 is 0 Å². The summed E-state index contributed by atoms with van der Waals surface area (Å²) in [6, 6.07) is 5.70. The maximum Gasteiger partial charge on any atom is 0.256 e. The number of fused-ring (bicyclic) bond motifs is 1. The van der Waals surface area contributed by atoms with Crippen molar-refractivity contribution in [2.24, 2.45) is 0 Å². The van der Waals surface area contributed by atoms with Crippen molar-refractivity contribution in [3.8, 4) is 11.5 Å². The Morgan fingerprint density at radius 1 is 1.47 bits per heavy atom. The van der Waals surface area contributed by atoms with E-state index in [1.165, 1.54) is 0 Å². The molecule has 0 spiro atoms. The Morgan fingerprint density at radius 3 is 2.93 bits per heavy atom. The molecule has 4 heteroatoms. The summed E-state index contributed by atoms with van der Waals surface area (Å²) in [5, 5.41) is 9.81. The molecule has 0 bridgehead atoms. The van der Waals surface area contributed by atoms with E-state index < -0.39 is 5.79 Å². The fraction of sp³-hybridized carbons (Fsp3) is 0.455. The minimum atomic E-state index is -1.40. The Hall–Kier alpha value is -0.930. The van der Waals surface area contributed by atoms with E-state index in [1.54, 1.807) is 0 Å². The fourth-order valence-electron chi connectivity index (χ4n) is 1.46. The van der Waals surface area contributed by atoms with Crippen LogP contribution in [0.1, 0.15) is 12.5 Å². The molecule has 0 aromatic heterocycles. The first kappa shape index (κ1) is 10.6. The van der Waals surface area contributed by atoms with Crippen molar-refractivity contribution in [2.45, 2.75) is 19.1 Å². The molecule has 2 rings (SSSR count). The summed E-state index contributed by atoms with van der Waals surface area (Å²) in [5.41, 5.74) is 1.14. The Morgan fingerprint density at radius 2 is 2.27 bits per heavy atom. The molecule has 1 unspecified atom stereocenters. The van der Waals surface area contributed by atoms with Gasteiger partial charge in [0.05, 0.1) is 5.88 Å². The van der Waals surface area contributed by atoms with Crippen LogP contribution in [-0.2, 0) is 6.42 Å². The molecule has 1 aliphatic heterocycles. The van der Waals surface area contributed by atoms with Crippen LogP contribution in [0.5, 0.6) is 11.5 Å². The second kappa shape index (κ2) is 3.91. The highest BCUT2D eigenvalue weighted by Gasteiger charge is 2.34. The zero-order valence-corrected chi connectivity index (χ0v) is 9.25. The molecule has 3 nitrogen and oxygen atoms in total. The normalized spacial score (nSPS) is 23.9. The summed E-state index contributed by atoms with van der Waals surface area (Å²) in [4.78, 5) is 0. The molecule has 1 aliphatic rings. The van der Waals surface area contributed by atoms with Crippen LogP contribution in [0, 0.1) is 0 Å². The molecule has 0 fully saturated rings. The van der Waals surface area contributed by atoms with Crippen molar-refractivity contribution in [1.82, 2.24) is 0 Å². The Labute approximate surface area is 93.6 Å². The summed E-state index contributed by atoms with van der Waals surface area (Å²) < 4.78 is 10.8. The highest BCUT2D eigenvalue weighted by Crippen LogP contribution is 2.35. The number of hydrogen-bond acceptors (Lipinski definition) is 3. The summed E-state index contributed by atoms with van der Waals surface area (Å²) in [6.45, 7) is 2.12. The zero-order chi connectivity index (χ0) is 10.9. The van der Waals surface area contributed by atoms with E-state index in [-0.39, 0.29) is 12.5 Å². The van der Waals surface area contributed by atoms with E-state index in [2.05, 4.69) is 6.92 Å². The lowest BCUT2D eigenvalue weighted by atomic mass is 10.1. The van der Waals surface area contributed by atoms with Gasteiger partial charge in [0.25, 0.3) is 5.79 Å². The molecule has 0 radical (unpaired) electrons. The summed E-state index contributed by atoms with van der Waals surface area (Å²) >= 11 is 5.61. The number of rotatable bonds is 2. The van der Waals surface area contributed by atoms with Crippen LogP contribution in [0.15, 0.2) is 18.2 Å². The summed E-state index contributed by atoms with van der Waals surface area (Å²) in [5.74, 6) is -0.199. The van der Waals surface area contributed by atoms with Crippen LogP contribution in [0.25, 0.3) is 0 Å². The predicted molar refractivity (Wildman–Crippen MR) is 57.6 cm³/mol. The van der Waals surface area contributed by atoms with Gasteiger partial charge in [0.1, 0.15) is 0 Å². The average molecular weight is 229 g/mol. The van der Waals surface area contributed by atoms with Crippen LogP contribution in [0.3, 0.4) is 0 Å². The van der Waals surface area contributed by atoms with Crippen LogP contribution in [0.4, 0.5) is 0 Å². The number of halogens is 1. The van der Waals surface area contributed by atoms with Gasteiger partial charge in [-0.2, -0.15) is 0 Å². The third-order valence-electron chi connectivity index (χ3n) is 2.38. The van der Waals surface area contributed by atoms with E-state index in [4.69, 9.17) is 21.1 Å². The largest absolute Gasteiger partial charge is 0.483 e. The van der Waals surface area contributed by atoms with E-state index in [0.29, 0.717) is 11.5 Å². The summed E-state index contributed by atoms with van der Waals surface area (Å²) in [7, 11) is 0. The average Bonchev–Trinajstić information content (AvgIpc) is 2.28. The summed E-state index contributed by atoms with van der Waals surface area (Å²) in [6.07, 6.45) is 0.913. The molecule has 0 saturated heterocycles. The number of alkyl halides is 1. The number of aryl methyl sites for hydroxylation is 1. The second-order valence-corrected chi connectivity index (χ2v) is 3.87. The first-order chi connectivity index (χ1) is 7.17. The first-order valence-electron chi connectivity index (χ1n) is 4.90. The van der Waals surface area contributed by atoms with E-state index in [0.717, 1.165) is 12.0 Å². The second-order valence-electron chi connectivity index (χ2n) is 3.61. The highest BCUT2D eigenvalue weighted by atomic mass is 35.5. The van der Waals surface area contributed by atoms with Gasteiger partial charge in [-0.3, -0.25) is 0 Å². The standard InChI is InChI=1S/C11H13ClO3/c1-2-8-3-4-9-10(5-8)15-11(13,6-12)7-14-9/h3-5,13H,2,6-7H2,1H3. The lowest BCUT2D eigenvalue weighted by Crippen LogP contribution is -2.46. The third-order valence-corrected chi connectivity index (χ3v) is 2.80. The van der Waals surface area contributed by atoms with E-state index in [1.807, 2.05) is 18.2 Å². The molecule has 1 aromatic carbocycles. The quantitative estimate of drug-likeness (QED) is 0.787. The molecule has 1 aromatic rings. The SMILES string of the molecule is CCc1ccc2c(c1)OC(O)(CCl)CO2. The third kappa shape index (κ3) is 2.03. The van der Waals surface area contributed by atoms with Gasteiger partial charge in [-0.15, -0.1) is 11.6 Å². The minimum absolute atomic E-state index is 0.0111. The van der Waals surface area contributed by atoms with Crippen LogP contribution in [0.2, 0.25) is 0 Å². The van der Waals surface area contributed by atoms with Crippen LogP contribution >= 0.6 is 11.6 Å². The van der Waals surface area contributed by atoms with E-state index in [9.17, 15) is 5.11 Å². The molecule has 82 valence electrons. The molecule has 1 heterocycles. The van der Waals surface area contributed by atoms with Gasteiger partial charge < -0.3 is 14.6 Å². The maximum absolute atomic E-state index is 9.81. The number of aliphatic hydroxyl groups is 1. The first-order valence-corrected chi connectivity index (χ1v) is 5.43. The van der Waals surface area contributed by atoms with Crippen LogP contribution < -0.4 is 9.47 Å². The van der Waals surface area contributed by atoms with Gasteiger partial charge in [-0.05, 0) is 24.1 Å². The molecule has 0 saturated carbocycles. The topological polar surface area (TPSA) is 38.7 Å². The van der Waals surface area contributed by atoms with Crippen molar-refractivity contribution in [3.05, 3.63) is 23.8 Å². The molecule has 15 heavy (non-hydrogen) atoms. The molecular weight excluding hydrogens is 216 g/mol. The highest BCUT2D eigenvalue weighted by molar-refractivity contribution is 6.18. The minimum Gasteiger partial charge on any atom is -0.483 e. The van der Waals surface area contributed by atoms with Crippen molar-refractivity contribution >= 4 is 11.6 Å². The van der Waals surface area contributed by atoms with Gasteiger partial charge in [-0.25, -0.2) is 0 Å². The Bertz CT molecular complexity index is 367. The molecule has 1 N–H and O–H groups in total. The Kier molecular flexibility index (Phi) is 2.76. The zero-order valence-electron chi connectivity index (χ0n) is 8.50. The van der Waals surface area contributed by atoms with Crippen molar-refractivity contribution in [3.63, 3.8) is 0 Å². The van der Waals surface area contributed by atoms with Gasteiger partial charge in [-0.1, -0.05) is 13.0 Å². The number of benzene rings is 1. The smallest absolute Gasteiger partial charge is 0.256 e. The van der Waals surface area contributed by atoms with Gasteiger partial charge in [0.2, 0.25) is 0 Å². The number of hydrogen-bond donors (Lipinski definition) is 1. The molecular formula is C11H13ClO3. The molecule has 1 atom stereocenters. The number of ether oxygens (including phenoxy) is 2.